The van der Waals surface area contributed by atoms with Crippen molar-refractivity contribution in [2.24, 2.45) is 0 Å². The average molecular weight is 304 g/mol. The Morgan fingerprint density at radius 3 is 2.30 bits per heavy atom. The Balaban J connectivity index is 1.62. The molecule has 0 bridgehead atoms. The van der Waals surface area contributed by atoms with Gasteiger partial charge in [0.25, 0.3) is 0 Å². The van der Waals surface area contributed by atoms with Crippen molar-refractivity contribution in [2.75, 3.05) is 0 Å². The third-order valence-electron chi connectivity index (χ3n) is 4.07. The van der Waals surface area contributed by atoms with Gasteiger partial charge in [0, 0.05) is 18.2 Å². The summed E-state index contributed by atoms with van der Waals surface area (Å²) in [5, 5.41) is 13.0. The monoisotopic (exact) mass is 304 g/mol. The SMILES string of the molecule is c1ccc(Cn2nc(CNC3CC3)c(-c3ccccc3)n2)cc1. The van der Waals surface area contributed by atoms with Gasteiger partial charge in [0.2, 0.25) is 0 Å². The molecule has 0 atom stereocenters. The lowest BCUT2D eigenvalue weighted by Crippen LogP contribution is -2.16. The fourth-order valence-corrected chi connectivity index (χ4v) is 2.67. The summed E-state index contributed by atoms with van der Waals surface area (Å²) < 4.78 is 0. The molecule has 0 unspecified atom stereocenters. The van der Waals surface area contributed by atoms with E-state index in [-0.39, 0.29) is 0 Å². The van der Waals surface area contributed by atoms with Crippen LogP contribution in [0.1, 0.15) is 24.1 Å². The Morgan fingerprint density at radius 2 is 1.61 bits per heavy atom. The van der Waals surface area contributed by atoms with Gasteiger partial charge < -0.3 is 5.32 Å². The molecule has 2 aromatic carbocycles. The van der Waals surface area contributed by atoms with E-state index in [1.54, 1.807) is 0 Å². The number of benzene rings is 2. The number of rotatable bonds is 6. The predicted molar refractivity (Wildman–Crippen MR) is 90.9 cm³/mol. The van der Waals surface area contributed by atoms with E-state index < -0.39 is 0 Å². The molecule has 23 heavy (non-hydrogen) atoms. The quantitative estimate of drug-likeness (QED) is 0.760. The molecule has 0 saturated heterocycles. The first-order valence-electron chi connectivity index (χ1n) is 8.15. The molecule has 1 saturated carbocycles. The van der Waals surface area contributed by atoms with E-state index in [0.29, 0.717) is 12.6 Å². The fraction of sp³-hybridized carbons (Fsp3) is 0.263. The van der Waals surface area contributed by atoms with Gasteiger partial charge in [-0.15, -0.1) is 0 Å². The third kappa shape index (κ3) is 3.48. The molecule has 1 N–H and O–H groups in total. The van der Waals surface area contributed by atoms with E-state index in [2.05, 4.69) is 29.6 Å². The van der Waals surface area contributed by atoms with Crippen molar-refractivity contribution in [1.82, 2.24) is 20.3 Å². The maximum Gasteiger partial charge on any atom is 0.117 e. The summed E-state index contributed by atoms with van der Waals surface area (Å²) in [5.41, 5.74) is 4.34. The molecule has 116 valence electrons. The molecular weight excluding hydrogens is 284 g/mol. The second-order valence-corrected chi connectivity index (χ2v) is 6.03. The lowest BCUT2D eigenvalue weighted by atomic mass is 10.1. The van der Waals surface area contributed by atoms with Gasteiger partial charge in [0.15, 0.2) is 0 Å². The molecule has 1 aliphatic carbocycles. The van der Waals surface area contributed by atoms with Gasteiger partial charge in [0.1, 0.15) is 11.4 Å². The van der Waals surface area contributed by atoms with Crippen molar-refractivity contribution in [1.29, 1.82) is 0 Å². The maximum absolute atomic E-state index is 4.74. The summed E-state index contributed by atoms with van der Waals surface area (Å²) in [4.78, 5) is 1.81. The first kappa shape index (κ1) is 14.2. The molecule has 1 aromatic heterocycles. The molecule has 1 fully saturated rings. The number of hydrogen-bond acceptors (Lipinski definition) is 3. The summed E-state index contributed by atoms with van der Waals surface area (Å²) in [7, 11) is 0. The largest absolute Gasteiger partial charge is 0.308 e. The third-order valence-corrected chi connectivity index (χ3v) is 4.07. The molecule has 0 radical (unpaired) electrons. The Hall–Kier alpha value is -2.46. The smallest absolute Gasteiger partial charge is 0.117 e. The second-order valence-electron chi connectivity index (χ2n) is 6.03. The summed E-state index contributed by atoms with van der Waals surface area (Å²) in [6.07, 6.45) is 2.55. The van der Waals surface area contributed by atoms with Crippen LogP contribution in [0, 0.1) is 0 Å². The Kier molecular flexibility index (Phi) is 3.90. The van der Waals surface area contributed by atoms with E-state index in [9.17, 15) is 0 Å². The van der Waals surface area contributed by atoms with Crippen molar-refractivity contribution in [3.63, 3.8) is 0 Å². The number of aromatic nitrogens is 3. The minimum absolute atomic E-state index is 0.665. The van der Waals surface area contributed by atoms with Crippen LogP contribution in [0.25, 0.3) is 11.3 Å². The molecule has 4 rings (SSSR count). The average Bonchev–Trinajstić information content (AvgIpc) is 3.35. The highest BCUT2D eigenvalue weighted by atomic mass is 15.5. The lowest BCUT2D eigenvalue weighted by molar-refractivity contribution is 0.576. The zero-order valence-electron chi connectivity index (χ0n) is 13.0. The molecule has 0 aliphatic heterocycles. The van der Waals surface area contributed by atoms with Gasteiger partial charge in [-0.3, -0.25) is 0 Å². The zero-order valence-corrected chi connectivity index (χ0v) is 13.0. The number of nitrogens with one attached hydrogen (secondary N) is 1. The van der Waals surface area contributed by atoms with Crippen molar-refractivity contribution < 1.29 is 0 Å². The molecular formula is C19H20N4. The first-order chi connectivity index (χ1) is 11.4. The summed E-state index contributed by atoms with van der Waals surface area (Å²) in [6, 6.07) is 21.3. The van der Waals surface area contributed by atoms with Gasteiger partial charge >= 0.3 is 0 Å². The highest BCUT2D eigenvalue weighted by molar-refractivity contribution is 5.60. The van der Waals surface area contributed by atoms with E-state index >= 15 is 0 Å². The van der Waals surface area contributed by atoms with Crippen LogP contribution < -0.4 is 5.32 Å². The molecule has 1 aliphatic rings. The lowest BCUT2D eigenvalue weighted by Gasteiger charge is -2.01. The van der Waals surface area contributed by atoms with E-state index in [4.69, 9.17) is 10.2 Å². The predicted octanol–water partition coefficient (Wildman–Crippen LogP) is 3.25. The molecule has 0 spiro atoms. The van der Waals surface area contributed by atoms with Crippen LogP contribution in [0.15, 0.2) is 60.7 Å². The van der Waals surface area contributed by atoms with Gasteiger partial charge in [-0.25, -0.2) is 0 Å². The topological polar surface area (TPSA) is 42.7 Å². The Morgan fingerprint density at radius 1 is 0.913 bits per heavy atom. The van der Waals surface area contributed by atoms with Crippen molar-refractivity contribution in [3.05, 3.63) is 71.9 Å². The van der Waals surface area contributed by atoms with Crippen molar-refractivity contribution in [3.8, 4) is 11.3 Å². The van der Waals surface area contributed by atoms with E-state index in [1.807, 2.05) is 41.2 Å². The molecule has 4 nitrogen and oxygen atoms in total. The Bertz CT molecular complexity index is 761. The minimum atomic E-state index is 0.665. The van der Waals surface area contributed by atoms with E-state index in [1.165, 1.54) is 18.4 Å². The molecule has 3 aromatic rings. The minimum Gasteiger partial charge on any atom is -0.308 e. The normalized spacial score (nSPS) is 14.1. The highest BCUT2D eigenvalue weighted by Gasteiger charge is 2.22. The number of nitrogens with zero attached hydrogens (tertiary/aromatic N) is 3. The second kappa shape index (κ2) is 6.34. The first-order valence-corrected chi connectivity index (χ1v) is 8.15. The van der Waals surface area contributed by atoms with Crippen LogP contribution in [-0.4, -0.2) is 21.0 Å². The summed E-state index contributed by atoms with van der Waals surface area (Å²) in [6.45, 7) is 1.48. The molecule has 1 heterocycles. The fourth-order valence-electron chi connectivity index (χ4n) is 2.67. The van der Waals surface area contributed by atoms with Crippen LogP contribution in [0.2, 0.25) is 0 Å². The van der Waals surface area contributed by atoms with E-state index in [0.717, 1.165) is 23.5 Å². The summed E-state index contributed by atoms with van der Waals surface area (Å²) in [5.74, 6) is 0. The van der Waals surface area contributed by atoms with Gasteiger partial charge in [-0.1, -0.05) is 60.7 Å². The van der Waals surface area contributed by atoms with Crippen LogP contribution in [0.5, 0.6) is 0 Å². The highest BCUT2D eigenvalue weighted by Crippen LogP contribution is 2.23. The van der Waals surface area contributed by atoms with Gasteiger partial charge in [-0.05, 0) is 18.4 Å². The van der Waals surface area contributed by atoms with Crippen LogP contribution in [0.3, 0.4) is 0 Å². The maximum atomic E-state index is 4.74. The van der Waals surface area contributed by atoms with Gasteiger partial charge in [-0.2, -0.15) is 15.0 Å². The van der Waals surface area contributed by atoms with Crippen molar-refractivity contribution in [2.45, 2.75) is 32.0 Å². The van der Waals surface area contributed by atoms with Gasteiger partial charge in [0.05, 0.1) is 6.54 Å². The van der Waals surface area contributed by atoms with Crippen LogP contribution in [0.4, 0.5) is 0 Å². The zero-order chi connectivity index (χ0) is 15.5. The van der Waals surface area contributed by atoms with Crippen LogP contribution in [-0.2, 0) is 13.1 Å². The standard InChI is InChI=1S/C19H20N4/c1-3-7-15(8-4-1)14-23-21-18(13-20-17-11-12-17)19(22-23)16-9-5-2-6-10-16/h1-10,17,20H,11-14H2. The molecule has 4 heteroatoms. The number of hydrogen-bond donors (Lipinski definition) is 1. The van der Waals surface area contributed by atoms with Crippen LogP contribution >= 0.6 is 0 Å². The molecule has 0 amide bonds. The summed E-state index contributed by atoms with van der Waals surface area (Å²) >= 11 is 0. The van der Waals surface area contributed by atoms with Crippen molar-refractivity contribution >= 4 is 0 Å². The Labute approximate surface area is 136 Å².